The number of methoxy groups -OCH3 is 1. The van der Waals surface area contributed by atoms with Crippen molar-refractivity contribution < 1.29 is 14.3 Å². The van der Waals surface area contributed by atoms with Gasteiger partial charge >= 0.3 is 0 Å². The summed E-state index contributed by atoms with van der Waals surface area (Å²) in [5.74, 6) is 1.58. The molecule has 0 saturated heterocycles. The highest BCUT2D eigenvalue weighted by molar-refractivity contribution is 5.82. The van der Waals surface area contributed by atoms with Gasteiger partial charge in [-0.05, 0) is 35.7 Å². The molecule has 5 nitrogen and oxygen atoms in total. The maximum atomic E-state index is 12.4. The molecule has 1 aliphatic rings. The van der Waals surface area contributed by atoms with Crippen molar-refractivity contribution in [2.75, 3.05) is 13.7 Å². The molecule has 0 radical (unpaired) electrons. The van der Waals surface area contributed by atoms with Crippen LogP contribution in [-0.2, 0) is 17.6 Å². The second kappa shape index (κ2) is 7.04. The minimum absolute atomic E-state index is 0.0207. The minimum atomic E-state index is -0.0307. The quantitative estimate of drug-likeness (QED) is 0.788. The standard InChI is InChI=1S/C21H20N2O3/c1-25-18-7-6-16-10-17(13-26-20(16)11-18)23-21(24)9-14-8-15-4-2-3-5-19(15)22-12-14/h2-8,11-12,17H,9-10,13H2,1H3,(H,23,24). The van der Waals surface area contributed by atoms with Crippen LogP contribution >= 0.6 is 0 Å². The molecule has 0 aliphatic carbocycles. The molecule has 0 spiro atoms. The molecule has 1 aliphatic heterocycles. The van der Waals surface area contributed by atoms with Crippen LogP contribution in [0.25, 0.3) is 10.9 Å². The van der Waals surface area contributed by atoms with E-state index in [2.05, 4.69) is 10.3 Å². The predicted molar refractivity (Wildman–Crippen MR) is 99.6 cm³/mol. The number of ether oxygens (including phenoxy) is 2. The number of carbonyl (C=O) groups excluding carboxylic acids is 1. The summed E-state index contributed by atoms with van der Waals surface area (Å²) >= 11 is 0. The average Bonchev–Trinajstić information content (AvgIpc) is 2.67. The Morgan fingerprint density at radius 2 is 2.15 bits per heavy atom. The van der Waals surface area contributed by atoms with E-state index in [1.165, 1.54) is 0 Å². The number of fused-ring (bicyclic) bond motifs is 2. The fourth-order valence-electron chi connectivity index (χ4n) is 3.25. The zero-order valence-corrected chi connectivity index (χ0v) is 14.6. The molecule has 0 bridgehead atoms. The summed E-state index contributed by atoms with van der Waals surface area (Å²) in [7, 11) is 1.63. The third-order valence-corrected chi connectivity index (χ3v) is 4.56. The van der Waals surface area contributed by atoms with E-state index in [1.807, 2.05) is 48.5 Å². The molecule has 4 rings (SSSR count). The summed E-state index contributed by atoms with van der Waals surface area (Å²) < 4.78 is 11.0. The molecule has 1 atom stereocenters. The van der Waals surface area contributed by atoms with E-state index in [4.69, 9.17) is 9.47 Å². The number of amides is 1. The molecule has 26 heavy (non-hydrogen) atoms. The lowest BCUT2D eigenvalue weighted by Crippen LogP contribution is -2.43. The summed E-state index contributed by atoms with van der Waals surface area (Å²) in [5.41, 5.74) is 2.92. The Labute approximate surface area is 152 Å². The molecule has 1 aromatic heterocycles. The van der Waals surface area contributed by atoms with Gasteiger partial charge in [-0.1, -0.05) is 24.3 Å². The van der Waals surface area contributed by atoms with Crippen LogP contribution in [-0.4, -0.2) is 30.6 Å². The third-order valence-electron chi connectivity index (χ3n) is 4.56. The number of rotatable bonds is 4. The number of nitrogens with one attached hydrogen (secondary N) is 1. The number of aromatic nitrogens is 1. The number of hydrogen-bond acceptors (Lipinski definition) is 4. The van der Waals surface area contributed by atoms with Gasteiger partial charge in [-0.2, -0.15) is 0 Å². The first-order chi connectivity index (χ1) is 12.7. The highest BCUT2D eigenvalue weighted by Gasteiger charge is 2.22. The smallest absolute Gasteiger partial charge is 0.224 e. The summed E-state index contributed by atoms with van der Waals surface area (Å²) in [6.45, 7) is 0.460. The number of carbonyl (C=O) groups is 1. The van der Waals surface area contributed by atoms with Gasteiger partial charge in [0, 0.05) is 17.6 Å². The monoisotopic (exact) mass is 348 g/mol. The third kappa shape index (κ3) is 3.47. The molecule has 5 heteroatoms. The van der Waals surface area contributed by atoms with E-state index in [-0.39, 0.29) is 11.9 Å². The van der Waals surface area contributed by atoms with Gasteiger partial charge in [-0.15, -0.1) is 0 Å². The lowest BCUT2D eigenvalue weighted by molar-refractivity contribution is -0.121. The van der Waals surface area contributed by atoms with E-state index >= 15 is 0 Å². The fourth-order valence-corrected chi connectivity index (χ4v) is 3.25. The van der Waals surface area contributed by atoms with Gasteiger partial charge in [0.2, 0.25) is 5.91 Å². The Kier molecular flexibility index (Phi) is 4.44. The van der Waals surface area contributed by atoms with Gasteiger partial charge in [0.1, 0.15) is 18.1 Å². The second-order valence-corrected chi connectivity index (χ2v) is 6.47. The molecule has 2 heterocycles. The Hall–Kier alpha value is -3.08. The highest BCUT2D eigenvalue weighted by atomic mass is 16.5. The highest BCUT2D eigenvalue weighted by Crippen LogP contribution is 2.29. The summed E-state index contributed by atoms with van der Waals surface area (Å²) in [4.78, 5) is 16.8. The van der Waals surface area contributed by atoms with Gasteiger partial charge in [-0.3, -0.25) is 9.78 Å². The molecule has 132 valence electrons. The first-order valence-corrected chi connectivity index (χ1v) is 8.64. The van der Waals surface area contributed by atoms with Crippen molar-refractivity contribution in [3.8, 4) is 11.5 Å². The Morgan fingerprint density at radius 3 is 3.04 bits per heavy atom. The zero-order chi connectivity index (χ0) is 17.9. The molecular formula is C21H20N2O3. The van der Waals surface area contributed by atoms with Crippen molar-refractivity contribution in [2.24, 2.45) is 0 Å². The van der Waals surface area contributed by atoms with Crippen LogP contribution in [0.2, 0.25) is 0 Å². The lowest BCUT2D eigenvalue weighted by atomic mass is 10.0. The SMILES string of the molecule is COc1ccc2c(c1)OCC(NC(=O)Cc1cnc3ccccc3c1)C2. The maximum absolute atomic E-state index is 12.4. The predicted octanol–water partition coefficient (Wildman–Crippen LogP) is 2.91. The average molecular weight is 348 g/mol. The largest absolute Gasteiger partial charge is 0.497 e. The Morgan fingerprint density at radius 1 is 1.27 bits per heavy atom. The van der Waals surface area contributed by atoms with E-state index in [1.54, 1.807) is 13.3 Å². The van der Waals surface area contributed by atoms with Crippen LogP contribution in [0.1, 0.15) is 11.1 Å². The fraction of sp³-hybridized carbons (Fsp3) is 0.238. The summed E-state index contributed by atoms with van der Waals surface area (Å²) in [6.07, 6.45) is 2.83. The normalized spacial score (nSPS) is 15.8. The van der Waals surface area contributed by atoms with Gasteiger partial charge in [-0.25, -0.2) is 0 Å². The molecular weight excluding hydrogens is 328 g/mol. The van der Waals surface area contributed by atoms with Gasteiger partial charge in [0.25, 0.3) is 0 Å². The zero-order valence-electron chi connectivity index (χ0n) is 14.6. The first kappa shape index (κ1) is 16.4. The van der Waals surface area contributed by atoms with Crippen LogP contribution in [0.3, 0.4) is 0 Å². The molecule has 1 amide bonds. The van der Waals surface area contributed by atoms with Crippen molar-refractivity contribution in [1.29, 1.82) is 0 Å². The molecule has 2 aromatic carbocycles. The van der Waals surface area contributed by atoms with Gasteiger partial charge < -0.3 is 14.8 Å². The van der Waals surface area contributed by atoms with Crippen LogP contribution in [0, 0.1) is 0 Å². The van der Waals surface area contributed by atoms with Crippen molar-refractivity contribution in [3.63, 3.8) is 0 Å². The first-order valence-electron chi connectivity index (χ1n) is 8.64. The number of nitrogens with zero attached hydrogens (tertiary/aromatic N) is 1. The molecule has 1 unspecified atom stereocenters. The maximum Gasteiger partial charge on any atom is 0.224 e. The van der Waals surface area contributed by atoms with Crippen LogP contribution < -0.4 is 14.8 Å². The van der Waals surface area contributed by atoms with E-state index in [0.29, 0.717) is 13.0 Å². The van der Waals surface area contributed by atoms with E-state index in [0.717, 1.165) is 39.9 Å². The Balaban J connectivity index is 1.40. The van der Waals surface area contributed by atoms with Crippen LogP contribution in [0.4, 0.5) is 0 Å². The summed E-state index contributed by atoms with van der Waals surface area (Å²) in [5, 5.41) is 4.11. The second-order valence-electron chi connectivity index (χ2n) is 6.47. The number of pyridine rings is 1. The molecule has 0 fully saturated rings. The van der Waals surface area contributed by atoms with Crippen LogP contribution in [0.15, 0.2) is 54.7 Å². The van der Waals surface area contributed by atoms with Gasteiger partial charge in [0.15, 0.2) is 0 Å². The topological polar surface area (TPSA) is 60.5 Å². The molecule has 3 aromatic rings. The minimum Gasteiger partial charge on any atom is -0.497 e. The lowest BCUT2D eigenvalue weighted by Gasteiger charge is -2.26. The summed E-state index contributed by atoms with van der Waals surface area (Å²) in [6, 6.07) is 15.7. The van der Waals surface area contributed by atoms with Crippen molar-refractivity contribution in [3.05, 3.63) is 65.9 Å². The van der Waals surface area contributed by atoms with Crippen molar-refractivity contribution in [2.45, 2.75) is 18.9 Å². The van der Waals surface area contributed by atoms with Crippen molar-refractivity contribution >= 4 is 16.8 Å². The van der Waals surface area contributed by atoms with E-state index < -0.39 is 0 Å². The molecule has 1 N–H and O–H groups in total. The van der Waals surface area contributed by atoms with E-state index in [9.17, 15) is 4.79 Å². The number of para-hydroxylation sites is 1. The van der Waals surface area contributed by atoms with Gasteiger partial charge in [0.05, 0.1) is 25.1 Å². The Bertz CT molecular complexity index is 955. The molecule has 0 saturated carbocycles. The van der Waals surface area contributed by atoms with Crippen LogP contribution in [0.5, 0.6) is 11.5 Å². The number of hydrogen-bond donors (Lipinski definition) is 1. The van der Waals surface area contributed by atoms with Crippen molar-refractivity contribution in [1.82, 2.24) is 10.3 Å². The number of benzene rings is 2.